The van der Waals surface area contributed by atoms with E-state index in [2.05, 4.69) is 50.0 Å². The summed E-state index contributed by atoms with van der Waals surface area (Å²) in [6.45, 7) is 11.1. The first-order valence-corrected chi connectivity index (χ1v) is 8.93. The molecular weight excluding hydrogens is 280 g/mol. The number of nitrogens with one attached hydrogen (secondary N) is 1. The number of hydrogen-bond donors (Lipinski definition) is 1. The standard InChI is InChI=1S/C16H30N4S/c1-6-17-12(2)15-13(3)18-16(21-15)20(5)11-14-7-9-19(4)10-8-14/h12,14,17H,6-11H2,1-5H3. The first-order chi connectivity index (χ1) is 10.0. The first kappa shape index (κ1) is 16.7. The van der Waals surface area contributed by atoms with Gasteiger partial charge < -0.3 is 15.1 Å². The fourth-order valence-electron chi connectivity index (χ4n) is 3.07. The minimum atomic E-state index is 0.401. The maximum absolute atomic E-state index is 4.79. The van der Waals surface area contributed by atoms with Crippen LogP contribution in [-0.4, -0.2) is 50.2 Å². The zero-order valence-corrected chi connectivity index (χ0v) is 15.0. The second kappa shape index (κ2) is 7.56. The fraction of sp³-hybridized carbons (Fsp3) is 0.812. The van der Waals surface area contributed by atoms with Crippen molar-refractivity contribution in [2.75, 3.05) is 45.2 Å². The van der Waals surface area contributed by atoms with Gasteiger partial charge in [-0.15, -0.1) is 11.3 Å². The lowest BCUT2D eigenvalue weighted by atomic mass is 9.97. The highest BCUT2D eigenvalue weighted by atomic mass is 32.1. The second-order valence-corrected chi connectivity index (χ2v) is 7.36. The number of piperidine rings is 1. The summed E-state index contributed by atoms with van der Waals surface area (Å²) >= 11 is 1.85. The predicted octanol–water partition coefficient (Wildman–Crippen LogP) is 2.90. The minimum Gasteiger partial charge on any atom is -0.351 e. The van der Waals surface area contributed by atoms with E-state index in [0.29, 0.717) is 6.04 Å². The largest absolute Gasteiger partial charge is 0.351 e. The van der Waals surface area contributed by atoms with Crippen LogP contribution in [0.4, 0.5) is 5.13 Å². The van der Waals surface area contributed by atoms with Crippen LogP contribution in [0.15, 0.2) is 0 Å². The van der Waals surface area contributed by atoms with Gasteiger partial charge in [-0.3, -0.25) is 0 Å². The molecule has 1 aliphatic rings. The third-order valence-corrected chi connectivity index (χ3v) is 5.88. The molecular formula is C16H30N4S. The molecule has 0 spiro atoms. The molecule has 1 aromatic heterocycles. The molecule has 0 aliphatic carbocycles. The molecule has 1 saturated heterocycles. The Hall–Kier alpha value is -0.650. The van der Waals surface area contributed by atoms with E-state index in [4.69, 9.17) is 4.98 Å². The minimum absolute atomic E-state index is 0.401. The van der Waals surface area contributed by atoms with Gasteiger partial charge in [-0.1, -0.05) is 6.92 Å². The van der Waals surface area contributed by atoms with Crippen molar-refractivity contribution in [3.63, 3.8) is 0 Å². The van der Waals surface area contributed by atoms with E-state index in [9.17, 15) is 0 Å². The topological polar surface area (TPSA) is 31.4 Å². The van der Waals surface area contributed by atoms with Crippen LogP contribution < -0.4 is 10.2 Å². The van der Waals surface area contributed by atoms with Crippen molar-refractivity contribution in [1.29, 1.82) is 0 Å². The van der Waals surface area contributed by atoms with Crippen LogP contribution in [-0.2, 0) is 0 Å². The highest BCUT2D eigenvalue weighted by molar-refractivity contribution is 7.15. The van der Waals surface area contributed by atoms with Gasteiger partial charge in [0.1, 0.15) is 0 Å². The summed E-state index contributed by atoms with van der Waals surface area (Å²) in [5.74, 6) is 0.810. The van der Waals surface area contributed by atoms with Crippen molar-refractivity contribution < 1.29 is 0 Å². The SMILES string of the molecule is CCNC(C)c1sc(N(C)CC2CCN(C)CC2)nc1C. The summed E-state index contributed by atoms with van der Waals surface area (Å²) in [5, 5.41) is 4.66. The molecule has 4 nitrogen and oxygen atoms in total. The number of anilines is 1. The molecule has 0 saturated carbocycles. The summed E-state index contributed by atoms with van der Waals surface area (Å²) in [6.07, 6.45) is 2.62. The van der Waals surface area contributed by atoms with Crippen LogP contribution in [0.5, 0.6) is 0 Å². The van der Waals surface area contributed by atoms with Crippen LogP contribution in [0.25, 0.3) is 0 Å². The van der Waals surface area contributed by atoms with E-state index < -0.39 is 0 Å². The van der Waals surface area contributed by atoms with Gasteiger partial charge in [0.15, 0.2) is 5.13 Å². The zero-order chi connectivity index (χ0) is 15.4. The Morgan fingerprint density at radius 1 is 1.43 bits per heavy atom. The van der Waals surface area contributed by atoms with Crippen molar-refractivity contribution in [2.45, 2.75) is 39.7 Å². The molecule has 120 valence electrons. The molecule has 2 heterocycles. The average Bonchev–Trinajstić information content (AvgIpc) is 2.84. The molecule has 1 N–H and O–H groups in total. The Morgan fingerprint density at radius 3 is 2.71 bits per heavy atom. The van der Waals surface area contributed by atoms with Gasteiger partial charge in [0.25, 0.3) is 0 Å². The Bertz CT molecular complexity index is 437. The molecule has 0 amide bonds. The second-order valence-electron chi connectivity index (χ2n) is 6.35. The maximum Gasteiger partial charge on any atom is 0.185 e. The van der Waals surface area contributed by atoms with Gasteiger partial charge in [0.05, 0.1) is 5.69 Å². The van der Waals surface area contributed by atoms with Crippen LogP contribution in [0.1, 0.15) is 43.3 Å². The van der Waals surface area contributed by atoms with Crippen LogP contribution in [0, 0.1) is 12.8 Å². The highest BCUT2D eigenvalue weighted by Gasteiger charge is 2.21. The molecule has 1 unspecified atom stereocenters. The molecule has 0 bridgehead atoms. The van der Waals surface area contributed by atoms with Crippen molar-refractivity contribution in [2.24, 2.45) is 5.92 Å². The number of rotatable bonds is 6. The number of hydrogen-bond acceptors (Lipinski definition) is 5. The van der Waals surface area contributed by atoms with E-state index in [1.165, 1.54) is 41.6 Å². The van der Waals surface area contributed by atoms with Crippen molar-refractivity contribution in [3.05, 3.63) is 10.6 Å². The Labute approximate surface area is 133 Å². The maximum atomic E-state index is 4.79. The van der Waals surface area contributed by atoms with Crippen LogP contribution >= 0.6 is 11.3 Å². The molecule has 0 radical (unpaired) electrons. The van der Waals surface area contributed by atoms with E-state index in [1.54, 1.807) is 0 Å². The molecule has 1 atom stereocenters. The Balaban J connectivity index is 1.96. The molecule has 2 rings (SSSR count). The zero-order valence-electron chi connectivity index (χ0n) is 14.1. The average molecular weight is 311 g/mol. The molecule has 1 aromatic rings. The first-order valence-electron chi connectivity index (χ1n) is 8.11. The van der Waals surface area contributed by atoms with Crippen molar-refractivity contribution >= 4 is 16.5 Å². The number of aromatic nitrogens is 1. The summed E-state index contributed by atoms with van der Waals surface area (Å²) < 4.78 is 0. The quantitative estimate of drug-likeness (QED) is 0.875. The predicted molar refractivity (Wildman–Crippen MR) is 92.4 cm³/mol. The van der Waals surface area contributed by atoms with Crippen LogP contribution in [0.3, 0.4) is 0 Å². The molecule has 21 heavy (non-hydrogen) atoms. The van der Waals surface area contributed by atoms with E-state index in [-0.39, 0.29) is 0 Å². The summed E-state index contributed by atoms with van der Waals surface area (Å²) in [6, 6.07) is 0.401. The fourth-order valence-corrected chi connectivity index (χ4v) is 4.13. The summed E-state index contributed by atoms with van der Waals surface area (Å²) in [5.41, 5.74) is 1.18. The van der Waals surface area contributed by atoms with E-state index in [1.807, 2.05) is 11.3 Å². The van der Waals surface area contributed by atoms with Crippen molar-refractivity contribution in [3.8, 4) is 0 Å². The van der Waals surface area contributed by atoms with Gasteiger partial charge in [-0.2, -0.15) is 0 Å². The number of likely N-dealkylation sites (tertiary alicyclic amines) is 1. The monoisotopic (exact) mass is 310 g/mol. The normalized spacial score (nSPS) is 18.9. The molecule has 1 aliphatic heterocycles. The summed E-state index contributed by atoms with van der Waals surface area (Å²) in [4.78, 5) is 11.0. The highest BCUT2D eigenvalue weighted by Crippen LogP contribution is 2.31. The Kier molecular flexibility index (Phi) is 6.02. The number of nitrogens with zero attached hydrogens (tertiary/aromatic N) is 3. The third-order valence-electron chi connectivity index (χ3n) is 4.42. The number of thiazole rings is 1. The van der Waals surface area contributed by atoms with E-state index >= 15 is 0 Å². The van der Waals surface area contributed by atoms with E-state index in [0.717, 1.165) is 19.0 Å². The molecule has 0 aromatic carbocycles. The lowest BCUT2D eigenvalue weighted by Gasteiger charge is -2.31. The third kappa shape index (κ3) is 4.41. The van der Waals surface area contributed by atoms with Gasteiger partial charge in [0.2, 0.25) is 0 Å². The van der Waals surface area contributed by atoms with Crippen LogP contribution in [0.2, 0.25) is 0 Å². The van der Waals surface area contributed by atoms with Gasteiger partial charge in [-0.05, 0) is 59.3 Å². The van der Waals surface area contributed by atoms with Gasteiger partial charge in [0, 0.05) is 24.5 Å². The Morgan fingerprint density at radius 2 is 2.10 bits per heavy atom. The lowest BCUT2D eigenvalue weighted by Crippen LogP contribution is -2.35. The number of aryl methyl sites for hydroxylation is 1. The van der Waals surface area contributed by atoms with Gasteiger partial charge in [-0.25, -0.2) is 4.98 Å². The molecule has 5 heteroatoms. The summed E-state index contributed by atoms with van der Waals surface area (Å²) in [7, 11) is 4.41. The smallest absolute Gasteiger partial charge is 0.185 e. The van der Waals surface area contributed by atoms with Gasteiger partial charge >= 0.3 is 0 Å². The lowest BCUT2D eigenvalue weighted by molar-refractivity contribution is 0.222. The molecule has 1 fully saturated rings. The van der Waals surface area contributed by atoms with Crippen molar-refractivity contribution in [1.82, 2.24) is 15.2 Å².